The molecular weight excluding hydrogens is 328 g/mol. The summed E-state index contributed by atoms with van der Waals surface area (Å²) in [7, 11) is 0. The van der Waals surface area contributed by atoms with Gasteiger partial charge in [-0.05, 0) is 56.3 Å². The number of hydrogen-bond donors (Lipinski definition) is 0. The molecule has 5 nitrogen and oxygen atoms in total. The van der Waals surface area contributed by atoms with Crippen LogP contribution in [0.3, 0.4) is 0 Å². The molecule has 0 bridgehead atoms. The minimum absolute atomic E-state index is 0.334. The first-order valence-corrected chi connectivity index (χ1v) is 9.75. The molecule has 2 aliphatic heterocycles. The summed E-state index contributed by atoms with van der Waals surface area (Å²) in [5.74, 6) is 3.19. The van der Waals surface area contributed by atoms with E-state index in [1.165, 1.54) is 31.2 Å². The van der Waals surface area contributed by atoms with Gasteiger partial charge in [-0.15, -0.1) is 0 Å². The maximum absolute atomic E-state index is 5.51. The van der Waals surface area contributed by atoms with E-state index in [1.54, 1.807) is 0 Å². The lowest BCUT2D eigenvalue weighted by Gasteiger charge is -2.31. The fourth-order valence-electron chi connectivity index (χ4n) is 4.20. The van der Waals surface area contributed by atoms with E-state index in [-0.39, 0.29) is 0 Å². The van der Waals surface area contributed by atoms with E-state index in [4.69, 9.17) is 14.0 Å². The van der Waals surface area contributed by atoms with Crippen LogP contribution in [0.4, 0.5) is 0 Å². The van der Waals surface area contributed by atoms with Crippen LogP contribution in [-0.2, 0) is 6.42 Å². The molecule has 4 rings (SSSR count). The Kier molecular flexibility index (Phi) is 5.16. The highest BCUT2D eigenvalue weighted by atomic mass is 16.7. The number of aryl methyl sites for hydroxylation is 1. The molecule has 1 aromatic heterocycles. The molecule has 0 unspecified atom stereocenters. The van der Waals surface area contributed by atoms with Crippen molar-refractivity contribution in [2.24, 2.45) is 5.92 Å². The zero-order valence-corrected chi connectivity index (χ0v) is 15.7. The molecule has 0 radical (unpaired) electrons. The predicted octanol–water partition coefficient (Wildman–Crippen LogP) is 4.51. The molecule has 0 N–H and O–H groups in total. The van der Waals surface area contributed by atoms with Crippen LogP contribution in [0.2, 0.25) is 0 Å². The van der Waals surface area contributed by atoms with E-state index < -0.39 is 0 Å². The number of hydrogen-bond acceptors (Lipinski definition) is 5. The largest absolute Gasteiger partial charge is 0.454 e. The van der Waals surface area contributed by atoms with E-state index in [1.807, 2.05) is 13.0 Å². The first kappa shape index (κ1) is 17.4. The Morgan fingerprint density at radius 3 is 2.88 bits per heavy atom. The van der Waals surface area contributed by atoms with Crippen molar-refractivity contribution in [3.8, 4) is 11.5 Å². The number of aromatic nitrogens is 1. The van der Waals surface area contributed by atoms with Gasteiger partial charge in [0.1, 0.15) is 11.5 Å². The summed E-state index contributed by atoms with van der Waals surface area (Å²) < 4.78 is 16.3. The third-order valence-electron chi connectivity index (χ3n) is 5.42. The molecule has 2 atom stereocenters. The van der Waals surface area contributed by atoms with Gasteiger partial charge in [0.05, 0.1) is 6.04 Å². The second kappa shape index (κ2) is 7.70. The Morgan fingerprint density at radius 1 is 1.15 bits per heavy atom. The lowest BCUT2D eigenvalue weighted by atomic mass is 9.98. The van der Waals surface area contributed by atoms with Gasteiger partial charge in [-0.2, -0.15) is 0 Å². The zero-order chi connectivity index (χ0) is 17.9. The van der Waals surface area contributed by atoms with Crippen LogP contribution in [0.1, 0.15) is 55.7 Å². The summed E-state index contributed by atoms with van der Waals surface area (Å²) in [5.41, 5.74) is 2.41. The lowest BCUT2D eigenvalue weighted by molar-refractivity contribution is 0.167. The molecule has 0 amide bonds. The van der Waals surface area contributed by atoms with Gasteiger partial charge in [-0.1, -0.05) is 31.0 Å². The second-order valence-electron chi connectivity index (χ2n) is 7.72. The molecular formula is C21H28N2O3. The van der Waals surface area contributed by atoms with E-state index in [2.05, 4.69) is 35.2 Å². The van der Waals surface area contributed by atoms with Gasteiger partial charge < -0.3 is 14.0 Å². The van der Waals surface area contributed by atoms with Crippen LogP contribution in [-0.4, -0.2) is 29.9 Å². The molecule has 26 heavy (non-hydrogen) atoms. The van der Waals surface area contributed by atoms with Crippen molar-refractivity contribution in [1.29, 1.82) is 0 Å². The summed E-state index contributed by atoms with van der Waals surface area (Å²) in [5, 5.41) is 4.31. The first-order valence-electron chi connectivity index (χ1n) is 9.75. The van der Waals surface area contributed by atoms with Gasteiger partial charge >= 0.3 is 0 Å². The van der Waals surface area contributed by atoms with Crippen molar-refractivity contribution in [2.75, 3.05) is 19.9 Å². The van der Waals surface area contributed by atoms with E-state index >= 15 is 0 Å². The topological polar surface area (TPSA) is 47.7 Å². The number of nitrogens with zero attached hydrogens (tertiary/aromatic N) is 2. The normalized spacial score (nSPS) is 21.5. The van der Waals surface area contributed by atoms with Gasteiger partial charge in [-0.3, -0.25) is 4.90 Å². The maximum Gasteiger partial charge on any atom is 0.231 e. The van der Waals surface area contributed by atoms with Crippen molar-refractivity contribution >= 4 is 0 Å². The van der Waals surface area contributed by atoms with Crippen molar-refractivity contribution in [2.45, 2.75) is 52.0 Å². The van der Waals surface area contributed by atoms with E-state index in [9.17, 15) is 0 Å². The van der Waals surface area contributed by atoms with Gasteiger partial charge in [0, 0.05) is 12.6 Å². The van der Waals surface area contributed by atoms with Crippen LogP contribution in [0.15, 0.2) is 28.8 Å². The van der Waals surface area contributed by atoms with E-state index in [0.717, 1.165) is 42.5 Å². The van der Waals surface area contributed by atoms with Crippen LogP contribution >= 0.6 is 0 Å². The minimum atomic E-state index is 0.334. The number of fused-ring (bicyclic) bond motifs is 1. The van der Waals surface area contributed by atoms with Gasteiger partial charge in [0.2, 0.25) is 6.79 Å². The number of rotatable bonds is 5. The van der Waals surface area contributed by atoms with Crippen molar-refractivity contribution < 1.29 is 14.0 Å². The molecule has 3 heterocycles. The third-order valence-corrected chi connectivity index (χ3v) is 5.42. The molecule has 1 aromatic carbocycles. The highest BCUT2D eigenvalue weighted by molar-refractivity contribution is 5.44. The Labute approximate surface area is 155 Å². The average Bonchev–Trinajstić information content (AvgIpc) is 3.19. The van der Waals surface area contributed by atoms with Crippen LogP contribution in [0.5, 0.6) is 11.5 Å². The van der Waals surface area contributed by atoms with Gasteiger partial charge in [0.15, 0.2) is 11.5 Å². The molecule has 1 saturated heterocycles. The Balaban J connectivity index is 1.43. The first-order chi connectivity index (χ1) is 12.7. The number of benzene rings is 1. The highest BCUT2D eigenvalue weighted by Gasteiger charge is 2.26. The number of likely N-dealkylation sites (tertiary alicyclic amines) is 1. The lowest BCUT2D eigenvalue weighted by Crippen LogP contribution is -2.33. The predicted molar refractivity (Wildman–Crippen MR) is 99.5 cm³/mol. The minimum Gasteiger partial charge on any atom is -0.454 e. The third kappa shape index (κ3) is 3.88. The molecule has 0 saturated carbocycles. The molecule has 0 spiro atoms. The Bertz CT molecular complexity index is 743. The smallest absolute Gasteiger partial charge is 0.231 e. The highest BCUT2D eigenvalue weighted by Crippen LogP contribution is 2.34. The summed E-state index contributed by atoms with van der Waals surface area (Å²) in [6.45, 7) is 6.86. The SMILES string of the molecule is Cc1cc([C@@H]2CCCCCN2C[C@@H](C)Cc2ccc3c(c2)OCO3)no1. The zero-order valence-electron chi connectivity index (χ0n) is 15.7. The summed E-state index contributed by atoms with van der Waals surface area (Å²) in [6, 6.07) is 8.79. The van der Waals surface area contributed by atoms with Gasteiger partial charge in [-0.25, -0.2) is 0 Å². The van der Waals surface area contributed by atoms with Crippen LogP contribution in [0, 0.1) is 12.8 Å². The molecule has 0 aliphatic carbocycles. The summed E-state index contributed by atoms with van der Waals surface area (Å²) in [6.07, 6.45) is 6.05. The molecule has 140 valence electrons. The maximum atomic E-state index is 5.51. The monoisotopic (exact) mass is 356 g/mol. The van der Waals surface area contributed by atoms with Crippen molar-refractivity contribution in [3.63, 3.8) is 0 Å². The molecule has 5 heteroatoms. The van der Waals surface area contributed by atoms with Gasteiger partial charge in [0.25, 0.3) is 0 Å². The fraction of sp³-hybridized carbons (Fsp3) is 0.571. The fourth-order valence-corrected chi connectivity index (χ4v) is 4.20. The van der Waals surface area contributed by atoms with Crippen LogP contribution in [0.25, 0.3) is 0 Å². The van der Waals surface area contributed by atoms with E-state index in [0.29, 0.717) is 18.8 Å². The van der Waals surface area contributed by atoms with Crippen molar-refractivity contribution in [3.05, 3.63) is 41.3 Å². The second-order valence-corrected chi connectivity index (χ2v) is 7.72. The van der Waals surface area contributed by atoms with Crippen molar-refractivity contribution in [1.82, 2.24) is 10.1 Å². The molecule has 2 aliphatic rings. The number of ether oxygens (including phenoxy) is 2. The molecule has 2 aromatic rings. The Morgan fingerprint density at radius 2 is 2.04 bits per heavy atom. The standard InChI is InChI=1S/C21H28N2O3/c1-15(10-17-7-8-20-21(12-17)25-14-24-20)13-23-9-5-3-4-6-19(23)18-11-16(2)26-22-18/h7-8,11-12,15,19H,3-6,9-10,13-14H2,1-2H3/t15-,19-/m0/s1. The average molecular weight is 356 g/mol. The molecule has 1 fully saturated rings. The summed E-state index contributed by atoms with van der Waals surface area (Å²) in [4.78, 5) is 2.61. The summed E-state index contributed by atoms with van der Waals surface area (Å²) >= 11 is 0. The quantitative estimate of drug-likeness (QED) is 0.789. The van der Waals surface area contributed by atoms with Crippen LogP contribution < -0.4 is 9.47 Å². The Hall–Kier alpha value is -2.01.